The third-order valence-electron chi connectivity index (χ3n) is 7.26. The van der Waals surface area contributed by atoms with Crippen LogP contribution in [0.1, 0.15) is 26.3 Å². The smallest absolute Gasteiger partial charge is 0.260 e. The van der Waals surface area contributed by atoms with Crippen molar-refractivity contribution >= 4 is 63.2 Å². The van der Waals surface area contributed by atoms with E-state index in [1.165, 1.54) is 4.57 Å². The quantitative estimate of drug-likeness (QED) is 0.232. The van der Waals surface area contributed by atoms with E-state index >= 15 is 0 Å². The first-order valence-electron chi connectivity index (χ1n) is 11.3. The fraction of sp³-hybridized carbons (Fsp3) is 0.222. The number of aromatic amines is 1. The first-order valence-corrected chi connectivity index (χ1v) is 15.0. The highest BCUT2D eigenvalue weighted by Crippen LogP contribution is 2.47. The van der Waals surface area contributed by atoms with Gasteiger partial charge in [0.2, 0.25) is 0 Å². The van der Waals surface area contributed by atoms with Crippen LogP contribution in [0.4, 0.5) is 0 Å². The van der Waals surface area contributed by atoms with Crippen molar-refractivity contribution in [3.63, 3.8) is 0 Å². The molecule has 172 valence electrons. The first-order chi connectivity index (χ1) is 16.0. The van der Waals surface area contributed by atoms with Gasteiger partial charge >= 0.3 is 0 Å². The summed E-state index contributed by atoms with van der Waals surface area (Å²) in [5, 5.41) is 2.81. The Balaban J connectivity index is 1.76. The highest BCUT2D eigenvalue weighted by atomic mass is 79.9. The van der Waals surface area contributed by atoms with E-state index in [-0.39, 0.29) is 16.9 Å². The van der Waals surface area contributed by atoms with Crippen molar-refractivity contribution in [2.75, 3.05) is 0 Å². The maximum Gasteiger partial charge on any atom is 0.260 e. The van der Waals surface area contributed by atoms with Crippen LogP contribution in [-0.2, 0) is 9.59 Å². The van der Waals surface area contributed by atoms with E-state index in [0.29, 0.717) is 15.6 Å². The lowest BCUT2D eigenvalue weighted by molar-refractivity contribution is -0.131. The van der Waals surface area contributed by atoms with Crippen LogP contribution in [-0.4, -0.2) is 34.6 Å². The van der Waals surface area contributed by atoms with Crippen LogP contribution in [0.25, 0.3) is 38.6 Å². The number of hydrogen-bond donors (Lipinski definition) is 1. The minimum atomic E-state index is -2.46. The van der Waals surface area contributed by atoms with Gasteiger partial charge in [-0.15, -0.1) is 0 Å². The molecular weight excluding hydrogens is 506 g/mol. The number of nitrogens with zero attached hydrogens (tertiary/aromatic N) is 2. The number of fused-ring (bicyclic) bond motifs is 2. The summed E-state index contributed by atoms with van der Waals surface area (Å²) in [7, 11) is -2.46. The lowest BCUT2D eigenvalue weighted by Gasteiger charge is -2.42. The molecular formula is C27H26BrN3O2Si. The molecule has 0 spiro atoms. The summed E-state index contributed by atoms with van der Waals surface area (Å²) >= 11 is 3.52. The van der Waals surface area contributed by atoms with Gasteiger partial charge in [-0.1, -0.05) is 76.3 Å². The van der Waals surface area contributed by atoms with Gasteiger partial charge < -0.3 is 9.55 Å². The van der Waals surface area contributed by atoms with Crippen LogP contribution in [0.15, 0.2) is 65.3 Å². The average Bonchev–Trinajstić information content (AvgIpc) is 3.27. The molecule has 0 unspecified atom stereocenters. The van der Waals surface area contributed by atoms with Gasteiger partial charge in [-0.05, 0) is 38.5 Å². The van der Waals surface area contributed by atoms with E-state index in [2.05, 4.69) is 54.8 Å². The number of pyridine rings is 1. The molecule has 2 amide bonds. The molecule has 2 aromatic carbocycles. The summed E-state index contributed by atoms with van der Waals surface area (Å²) < 4.78 is 1.85. The van der Waals surface area contributed by atoms with Crippen LogP contribution in [0, 0.1) is 0 Å². The summed E-state index contributed by atoms with van der Waals surface area (Å²) in [4.78, 5) is 35.6. The summed E-state index contributed by atoms with van der Waals surface area (Å²) in [6.07, 6.45) is 1.84. The molecule has 0 atom stereocenters. The standard InChI is InChI=1S/C27H26BrN3O2Si/c1-27(2,3)34(4,5)31-25(32)22(23(28)26(31)33)21-18-12-8-9-13-19(18)30-24(21)20-14-16-10-6-7-11-17(16)15-29-20/h6-15,30H,1-5H3. The van der Waals surface area contributed by atoms with E-state index in [1.807, 2.05) is 60.8 Å². The SMILES string of the molecule is CC(C)(C)[Si](C)(C)N1C(=O)C(Br)=C(c2c(-c3cc4ccccc4cn3)[nH]c3ccccc23)C1=O. The Kier molecular flexibility index (Phi) is 5.18. The van der Waals surface area contributed by atoms with E-state index in [4.69, 9.17) is 4.98 Å². The summed E-state index contributed by atoms with van der Waals surface area (Å²) in [6, 6.07) is 17.9. The molecule has 0 bridgehead atoms. The van der Waals surface area contributed by atoms with Crippen molar-refractivity contribution in [2.45, 2.75) is 38.9 Å². The Morgan fingerprint density at radius 3 is 2.29 bits per heavy atom. The number of imide groups is 1. The number of amides is 2. The molecule has 1 aliphatic heterocycles. The molecule has 1 N–H and O–H groups in total. The van der Waals surface area contributed by atoms with Gasteiger partial charge in [0.05, 0.1) is 21.4 Å². The predicted octanol–water partition coefficient (Wildman–Crippen LogP) is 6.86. The van der Waals surface area contributed by atoms with Crippen molar-refractivity contribution < 1.29 is 9.59 Å². The molecule has 4 aromatic rings. The third-order valence-corrected chi connectivity index (χ3v) is 13.2. The van der Waals surface area contributed by atoms with Crippen LogP contribution in [0.5, 0.6) is 0 Å². The minimum Gasteiger partial charge on any atom is -0.353 e. The number of H-pyrrole nitrogens is 1. The number of aromatic nitrogens is 2. The van der Waals surface area contributed by atoms with E-state index in [1.54, 1.807) is 0 Å². The largest absolute Gasteiger partial charge is 0.353 e. The Morgan fingerprint density at radius 1 is 0.941 bits per heavy atom. The average molecular weight is 533 g/mol. The zero-order chi connectivity index (χ0) is 24.4. The lowest BCUT2D eigenvalue weighted by atomic mass is 10.00. The molecule has 3 heterocycles. The maximum atomic E-state index is 14.0. The summed E-state index contributed by atoms with van der Waals surface area (Å²) in [6.45, 7) is 10.4. The molecule has 7 heteroatoms. The second-order valence-electron chi connectivity index (χ2n) is 10.3. The Hall–Kier alpha value is -3.03. The molecule has 5 nitrogen and oxygen atoms in total. The Morgan fingerprint density at radius 2 is 1.59 bits per heavy atom. The second-order valence-corrected chi connectivity index (χ2v) is 16.1. The lowest BCUT2D eigenvalue weighted by Crippen LogP contribution is -2.57. The zero-order valence-corrected chi connectivity index (χ0v) is 22.4. The minimum absolute atomic E-state index is 0.177. The molecule has 34 heavy (non-hydrogen) atoms. The summed E-state index contributed by atoms with van der Waals surface area (Å²) in [5.74, 6) is -0.496. The van der Waals surface area contributed by atoms with Crippen LogP contribution >= 0.6 is 15.9 Å². The van der Waals surface area contributed by atoms with Crippen LogP contribution < -0.4 is 0 Å². The Labute approximate surface area is 208 Å². The van der Waals surface area contributed by atoms with Gasteiger partial charge in [0.25, 0.3) is 11.8 Å². The number of para-hydroxylation sites is 1. The highest BCUT2D eigenvalue weighted by molar-refractivity contribution is 9.12. The van der Waals surface area contributed by atoms with Crippen LogP contribution in [0.3, 0.4) is 0 Å². The van der Waals surface area contributed by atoms with Crippen molar-refractivity contribution in [3.05, 3.63) is 70.8 Å². The molecule has 5 rings (SSSR count). The monoisotopic (exact) mass is 531 g/mol. The number of benzene rings is 2. The van der Waals surface area contributed by atoms with Crippen LogP contribution in [0.2, 0.25) is 18.1 Å². The van der Waals surface area contributed by atoms with E-state index in [9.17, 15) is 9.59 Å². The molecule has 0 fully saturated rings. The molecule has 0 radical (unpaired) electrons. The summed E-state index contributed by atoms with van der Waals surface area (Å²) in [5.41, 5.74) is 3.46. The predicted molar refractivity (Wildman–Crippen MR) is 144 cm³/mol. The van der Waals surface area contributed by atoms with Crippen molar-refractivity contribution in [1.29, 1.82) is 0 Å². The highest BCUT2D eigenvalue weighted by Gasteiger charge is 2.52. The third kappa shape index (κ3) is 3.29. The molecule has 1 aliphatic rings. The van der Waals surface area contributed by atoms with E-state index < -0.39 is 8.24 Å². The first kappa shape index (κ1) is 22.7. The maximum absolute atomic E-state index is 14.0. The number of carbonyl (C=O) groups excluding carboxylic acids is 2. The number of hydrogen-bond acceptors (Lipinski definition) is 3. The van der Waals surface area contributed by atoms with E-state index in [0.717, 1.165) is 33.1 Å². The molecule has 0 saturated carbocycles. The number of nitrogens with one attached hydrogen (secondary N) is 1. The van der Waals surface area contributed by atoms with Gasteiger partial charge in [0.15, 0.2) is 8.24 Å². The Bertz CT molecular complexity index is 1530. The normalized spacial score (nSPS) is 15.3. The molecule has 0 saturated heterocycles. The van der Waals surface area contributed by atoms with Crippen molar-refractivity contribution in [2.24, 2.45) is 0 Å². The zero-order valence-electron chi connectivity index (χ0n) is 19.9. The number of carbonyl (C=O) groups is 2. The van der Waals surface area contributed by atoms with Gasteiger partial charge in [-0.3, -0.25) is 14.6 Å². The van der Waals surface area contributed by atoms with Gasteiger partial charge in [0.1, 0.15) is 0 Å². The van der Waals surface area contributed by atoms with Gasteiger partial charge in [-0.2, -0.15) is 0 Å². The number of halogens is 1. The number of rotatable bonds is 3. The molecule has 2 aromatic heterocycles. The molecule has 0 aliphatic carbocycles. The van der Waals surface area contributed by atoms with Crippen molar-refractivity contribution in [3.8, 4) is 11.4 Å². The second kappa shape index (κ2) is 7.75. The van der Waals surface area contributed by atoms with Gasteiger partial charge in [-0.25, -0.2) is 0 Å². The fourth-order valence-corrected chi connectivity index (χ4v) is 7.00. The van der Waals surface area contributed by atoms with Crippen molar-refractivity contribution in [1.82, 2.24) is 14.5 Å². The topological polar surface area (TPSA) is 66.1 Å². The fourth-order valence-electron chi connectivity index (χ4n) is 4.38. The van der Waals surface area contributed by atoms with Gasteiger partial charge in [0, 0.05) is 28.0 Å².